The normalized spacial score (nSPS) is 19.7. The van der Waals surface area contributed by atoms with Gasteiger partial charge in [-0.05, 0) is 44.9 Å². The van der Waals surface area contributed by atoms with Crippen molar-refractivity contribution in [2.75, 3.05) is 13.2 Å². The van der Waals surface area contributed by atoms with Crippen LogP contribution in [0.15, 0.2) is 36.5 Å². The summed E-state index contributed by atoms with van der Waals surface area (Å²) in [5.74, 6) is -0.625. The molecule has 430 valence electrons. The summed E-state index contributed by atoms with van der Waals surface area (Å²) < 4.78 is 11.2. The largest absolute Gasteiger partial charge is 0.394 e. The predicted octanol–water partition coefficient (Wildman–Crippen LogP) is 14.9. The second kappa shape index (κ2) is 52.4. The third-order valence-corrected chi connectivity index (χ3v) is 15.1. The maximum absolute atomic E-state index is 13.1. The highest BCUT2D eigenvalue weighted by molar-refractivity contribution is 5.80. The summed E-state index contributed by atoms with van der Waals surface area (Å²) in [6, 6.07) is -1.00. The molecule has 8 atom stereocenters. The number of rotatable bonds is 54. The summed E-state index contributed by atoms with van der Waals surface area (Å²) in [6.07, 6.45) is 58.5. The van der Waals surface area contributed by atoms with E-state index in [0.29, 0.717) is 19.3 Å². The SMILES string of the molecule is CCCCCCCC/C=C/CC/C=C/CC/C=C/C(O)C(COC1OC(CO)C(O)C(O)C1O)NC(=O)C(O)CCCCCCCCCCCCCCCCCCCCCCCCCCCCCCCCCC. The van der Waals surface area contributed by atoms with Crippen molar-refractivity contribution in [2.45, 2.75) is 345 Å². The fourth-order valence-electron chi connectivity index (χ4n) is 10.0. The van der Waals surface area contributed by atoms with E-state index in [9.17, 15) is 35.4 Å². The van der Waals surface area contributed by atoms with Crippen LogP contribution in [0.25, 0.3) is 0 Å². The minimum absolute atomic E-state index is 0.304. The molecule has 1 saturated heterocycles. The Morgan fingerprint density at radius 1 is 0.466 bits per heavy atom. The van der Waals surface area contributed by atoms with Crippen LogP contribution in [-0.2, 0) is 14.3 Å². The molecule has 1 aliphatic heterocycles. The highest BCUT2D eigenvalue weighted by Crippen LogP contribution is 2.23. The van der Waals surface area contributed by atoms with Crippen LogP contribution in [0.1, 0.15) is 296 Å². The van der Waals surface area contributed by atoms with Crippen molar-refractivity contribution in [3.8, 4) is 0 Å². The lowest BCUT2D eigenvalue weighted by atomic mass is 9.99. The van der Waals surface area contributed by atoms with Gasteiger partial charge in [-0.3, -0.25) is 4.79 Å². The van der Waals surface area contributed by atoms with Crippen LogP contribution in [0.4, 0.5) is 0 Å². The number of amides is 1. The first-order chi connectivity index (χ1) is 35.8. The van der Waals surface area contributed by atoms with Crippen LogP contribution in [0.3, 0.4) is 0 Å². The monoisotopic (exact) mass is 1030 g/mol. The van der Waals surface area contributed by atoms with Crippen molar-refractivity contribution >= 4 is 5.91 Å². The van der Waals surface area contributed by atoms with E-state index in [-0.39, 0.29) is 6.61 Å². The Kier molecular flexibility index (Phi) is 49.8. The van der Waals surface area contributed by atoms with E-state index in [1.54, 1.807) is 6.08 Å². The second-order valence-corrected chi connectivity index (χ2v) is 22.0. The van der Waals surface area contributed by atoms with Gasteiger partial charge in [-0.25, -0.2) is 0 Å². The molecule has 1 aliphatic rings. The van der Waals surface area contributed by atoms with Gasteiger partial charge in [-0.15, -0.1) is 0 Å². The minimum atomic E-state index is -1.62. The Balaban J connectivity index is 2.17. The molecule has 1 heterocycles. The summed E-state index contributed by atoms with van der Waals surface area (Å²) in [5.41, 5.74) is 0. The Labute approximate surface area is 449 Å². The first-order valence-electron chi connectivity index (χ1n) is 31.3. The number of hydrogen-bond acceptors (Lipinski definition) is 9. The number of unbranched alkanes of at least 4 members (excludes halogenated alkanes) is 39. The molecule has 73 heavy (non-hydrogen) atoms. The topological polar surface area (TPSA) is 169 Å². The summed E-state index contributed by atoms with van der Waals surface area (Å²) >= 11 is 0. The number of hydrogen-bond donors (Lipinski definition) is 7. The number of aliphatic hydroxyl groups is 6. The average molecular weight is 1030 g/mol. The van der Waals surface area contributed by atoms with E-state index in [2.05, 4.69) is 43.5 Å². The predicted molar refractivity (Wildman–Crippen MR) is 306 cm³/mol. The van der Waals surface area contributed by atoms with Crippen molar-refractivity contribution in [1.29, 1.82) is 0 Å². The summed E-state index contributed by atoms with van der Waals surface area (Å²) in [5, 5.41) is 65.0. The summed E-state index contributed by atoms with van der Waals surface area (Å²) in [6.45, 7) is 3.61. The molecule has 8 unspecified atom stereocenters. The zero-order valence-corrected chi connectivity index (χ0v) is 47.5. The molecule has 10 nitrogen and oxygen atoms in total. The van der Waals surface area contributed by atoms with Crippen LogP contribution in [0, 0.1) is 0 Å². The van der Waals surface area contributed by atoms with E-state index in [4.69, 9.17) is 9.47 Å². The molecule has 1 rings (SSSR count). The molecule has 0 aliphatic carbocycles. The Morgan fingerprint density at radius 2 is 0.808 bits per heavy atom. The van der Waals surface area contributed by atoms with E-state index in [1.165, 1.54) is 218 Å². The first-order valence-corrected chi connectivity index (χ1v) is 31.3. The zero-order valence-electron chi connectivity index (χ0n) is 47.5. The highest BCUT2D eigenvalue weighted by Gasteiger charge is 2.44. The van der Waals surface area contributed by atoms with Crippen molar-refractivity contribution < 1.29 is 44.9 Å². The maximum atomic E-state index is 13.1. The molecule has 7 N–H and O–H groups in total. The molecule has 0 spiro atoms. The third kappa shape index (κ3) is 41.2. The number of carbonyl (C=O) groups is 1. The van der Waals surface area contributed by atoms with Crippen LogP contribution in [0.2, 0.25) is 0 Å². The van der Waals surface area contributed by atoms with Gasteiger partial charge in [0.25, 0.3) is 0 Å². The average Bonchev–Trinajstić information content (AvgIpc) is 3.39. The maximum Gasteiger partial charge on any atom is 0.249 e. The van der Waals surface area contributed by atoms with E-state index in [1.807, 2.05) is 6.08 Å². The van der Waals surface area contributed by atoms with Crippen LogP contribution in [-0.4, -0.2) is 98.7 Å². The highest BCUT2D eigenvalue weighted by atomic mass is 16.7. The number of ether oxygens (including phenoxy) is 2. The van der Waals surface area contributed by atoms with Gasteiger partial charge in [-0.2, -0.15) is 0 Å². The van der Waals surface area contributed by atoms with Crippen LogP contribution in [0.5, 0.6) is 0 Å². The Hall–Kier alpha value is -1.63. The van der Waals surface area contributed by atoms with Crippen LogP contribution >= 0.6 is 0 Å². The lowest BCUT2D eigenvalue weighted by molar-refractivity contribution is -0.302. The quantitative estimate of drug-likeness (QED) is 0.0232. The van der Waals surface area contributed by atoms with Gasteiger partial charge in [0.15, 0.2) is 6.29 Å². The van der Waals surface area contributed by atoms with E-state index >= 15 is 0 Å². The van der Waals surface area contributed by atoms with Crippen LogP contribution < -0.4 is 5.32 Å². The first kappa shape index (κ1) is 69.4. The molecular weight excluding hydrogens is 915 g/mol. The molecule has 1 fully saturated rings. The smallest absolute Gasteiger partial charge is 0.249 e. The van der Waals surface area contributed by atoms with E-state index < -0.39 is 61.5 Å². The Bertz CT molecular complexity index is 1260. The minimum Gasteiger partial charge on any atom is -0.394 e. The molecule has 0 radical (unpaired) electrons. The lowest BCUT2D eigenvalue weighted by Crippen LogP contribution is -2.60. The second-order valence-electron chi connectivity index (χ2n) is 22.0. The number of carbonyl (C=O) groups excluding carboxylic acids is 1. The fourth-order valence-corrected chi connectivity index (χ4v) is 10.0. The number of aliphatic hydroxyl groups excluding tert-OH is 6. The van der Waals surface area contributed by atoms with Gasteiger partial charge in [-0.1, -0.05) is 288 Å². The lowest BCUT2D eigenvalue weighted by Gasteiger charge is -2.40. The molecule has 0 aromatic heterocycles. The standard InChI is InChI=1S/C63H119NO9/c1-3-5-7-9-11-13-15-17-19-21-22-23-24-25-26-27-28-29-30-31-32-33-34-35-36-38-40-42-44-46-48-50-52-57(67)62(71)64-55(54-72-63-61(70)60(69)59(68)58(53-65)73-63)56(66)51-49-47-45-43-41-39-37-20-18-16-14-12-10-8-6-4-2/h18,20,41,43,49,51,55-61,63,65-70H,3-17,19,21-40,42,44-48,50,52-54H2,1-2H3,(H,64,71)/b20-18+,43-41+,51-49+. The molecule has 0 bridgehead atoms. The number of allylic oxidation sites excluding steroid dienone is 5. The van der Waals surface area contributed by atoms with Gasteiger partial charge >= 0.3 is 0 Å². The summed E-state index contributed by atoms with van der Waals surface area (Å²) in [4.78, 5) is 13.1. The summed E-state index contributed by atoms with van der Waals surface area (Å²) in [7, 11) is 0. The van der Waals surface area contributed by atoms with Gasteiger partial charge in [0.2, 0.25) is 5.91 Å². The van der Waals surface area contributed by atoms with Crippen molar-refractivity contribution in [3.05, 3.63) is 36.5 Å². The zero-order chi connectivity index (χ0) is 53.1. The molecular formula is C63H119NO9. The van der Waals surface area contributed by atoms with Crippen molar-refractivity contribution in [1.82, 2.24) is 5.32 Å². The van der Waals surface area contributed by atoms with Crippen molar-refractivity contribution in [2.24, 2.45) is 0 Å². The molecule has 10 heteroatoms. The number of nitrogens with one attached hydrogen (secondary N) is 1. The third-order valence-electron chi connectivity index (χ3n) is 15.1. The molecule has 1 amide bonds. The molecule has 0 saturated carbocycles. The van der Waals surface area contributed by atoms with Gasteiger partial charge in [0, 0.05) is 0 Å². The van der Waals surface area contributed by atoms with Gasteiger partial charge in [0.05, 0.1) is 25.4 Å². The molecule has 0 aromatic rings. The van der Waals surface area contributed by atoms with Crippen molar-refractivity contribution in [3.63, 3.8) is 0 Å². The van der Waals surface area contributed by atoms with Gasteiger partial charge in [0.1, 0.15) is 30.5 Å². The fraction of sp³-hybridized carbons (Fsp3) is 0.889. The molecule has 0 aromatic carbocycles. The van der Waals surface area contributed by atoms with Gasteiger partial charge < -0.3 is 45.4 Å². The Morgan fingerprint density at radius 3 is 1.19 bits per heavy atom. The van der Waals surface area contributed by atoms with E-state index in [0.717, 1.165) is 44.9 Å².